The molecule has 1 atom stereocenters. The molecule has 10 nitrogen and oxygen atoms in total. The van der Waals surface area contributed by atoms with Gasteiger partial charge in [0.1, 0.15) is 6.04 Å². The summed E-state index contributed by atoms with van der Waals surface area (Å²) in [5.74, 6) is -1.86. The summed E-state index contributed by atoms with van der Waals surface area (Å²) in [6, 6.07) is -1.47. The molecule has 0 bridgehead atoms. The fourth-order valence-electron chi connectivity index (χ4n) is 1.12. The molecule has 20 heavy (non-hydrogen) atoms. The smallest absolute Gasteiger partial charge is 0.321 e. The Morgan fingerprint density at radius 3 is 2.55 bits per heavy atom. The molecule has 1 rings (SSSR count). The van der Waals surface area contributed by atoms with E-state index in [-0.39, 0.29) is 11.6 Å². The lowest BCUT2D eigenvalue weighted by Gasteiger charge is -2.11. The van der Waals surface area contributed by atoms with Crippen molar-refractivity contribution in [3.63, 3.8) is 0 Å². The molecule has 0 fully saturated rings. The number of aliphatic hydroxyl groups excluding tert-OH is 1. The predicted molar refractivity (Wildman–Crippen MR) is 67.7 cm³/mol. The second kappa shape index (κ2) is 6.69. The van der Waals surface area contributed by atoms with Gasteiger partial charge in [-0.25, -0.2) is 8.42 Å². The normalized spacial score (nSPS) is 12.9. The van der Waals surface area contributed by atoms with Gasteiger partial charge >= 0.3 is 5.97 Å². The number of carbonyl (C=O) groups is 2. The van der Waals surface area contributed by atoms with E-state index in [0.717, 1.165) is 0 Å². The summed E-state index contributed by atoms with van der Waals surface area (Å²) in [6.07, 6.45) is -0.286. The Morgan fingerprint density at radius 1 is 1.40 bits per heavy atom. The fourth-order valence-corrected chi connectivity index (χ4v) is 3.30. The molecule has 1 heterocycles. The molecule has 0 aliphatic carbocycles. The highest BCUT2D eigenvalue weighted by Crippen LogP contribution is 2.20. The van der Waals surface area contributed by atoms with E-state index >= 15 is 0 Å². The van der Waals surface area contributed by atoms with Gasteiger partial charge in [0, 0.05) is 13.5 Å². The summed E-state index contributed by atoms with van der Waals surface area (Å²) in [5.41, 5.74) is 0. The minimum atomic E-state index is -4.19. The fraction of sp³-hybridized carbons (Fsp3) is 0.500. The van der Waals surface area contributed by atoms with Gasteiger partial charge in [-0.2, -0.15) is 4.72 Å². The van der Waals surface area contributed by atoms with Gasteiger partial charge in [0.25, 0.3) is 10.0 Å². The lowest BCUT2D eigenvalue weighted by molar-refractivity contribution is -0.139. The van der Waals surface area contributed by atoms with Crippen molar-refractivity contribution < 1.29 is 28.2 Å². The molecule has 0 aliphatic heterocycles. The molecule has 0 saturated heterocycles. The number of aliphatic hydroxyl groups is 1. The minimum Gasteiger partial charge on any atom is -0.480 e. The summed E-state index contributed by atoms with van der Waals surface area (Å²) >= 11 is 0.580. The maximum absolute atomic E-state index is 11.9. The van der Waals surface area contributed by atoms with Crippen LogP contribution in [0, 0.1) is 0 Å². The van der Waals surface area contributed by atoms with Gasteiger partial charge in [-0.15, -0.1) is 10.2 Å². The average Bonchev–Trinajstić information content (AvgIpc) is 2.76. The van der Waals surface area contributed by atoms with Gasteiger partial charge in [0.15, 0.2) is 0 Å². The SMILES string of the molecule is CC(=O)Nc1nnc(S(=O)(=O)N[C@@H](CCO)C(=O)O)s1. The van der Waals surface area contributed by atoms with Gasteiger partial charge in [0.05, 0.1) is 0 Å². The molecule has 0 spiro atoms. The predicted octanol–water partition coefficient (Wildman–Crippen LogP) is -1.39. The highest BCUT2D eigenvalue weighted by Gasteiger charge is 2.28. The number of aromatic nitrogens is 2. The topological polar surface area (TPSA) is 159 Å². The Labute approximate surface area is 117 Å². The maximum atomic E-state index is 11.9. The Kier molecular flexibility index (Phi) is 5.50. The second-order valence-electron chi connectivity index (χ2n) is 3.58. The van der Waals surface area contributed by atoms with Crippen molar-refractivity contribution in [3.05, 3.63) is 0 Å². The van der Waals surface area contributed by atoms with Crippen molar-refractivity contribution in [2.75, 3.05) is 11.9 Å². The molecule has 1 aromatic heterocycles. The van der Waals surface area contributed by atoms with Crippen LogP contribution in [-0.2, 0) is 19.6 Å². The first-order chi connectivity index (χ1) is 9.26. The van der Waals surface area contributed by atoms with Crippen LogP contribution in [0.15, 0.2) is 4.34 Å². The van der Waals surface area contributed by atoms with E-state index in [1.54, 1.807) is 0 Å². The minimum absolute atomic E-state index is 0.0214. The van der Waals surface area contributed by atoms with Gasteiger partial charge in [-0.05, 0) is 6.42 Å². The van der Waals surface area contributed by atoms with Crippen molar-refractivity contribution >= 4 is 38.4 Å². The van der Waals surface area contributed by atoms with E-state index in [9.17, 15) is 18.0 Å². The quantitative estimate of drug-likeness (QED) is 0.446. The van der Waals surface area contributed by atoms with Crippen LogP contribution < -0.4 is 10.0 Å². The summed E-state index contributed by atoms with van der Waals surface area (Å²) in [5, 5.41) is 26.5. The molecule has 12 heteroatoms. The monoisotopic (exact) mass is 324 g/mol. The zero-order valence-corrected chi connectivity index (χ0v) is 11.9. The molecule has 0 aliphatic rings. The number of anilines is 1. The number of rotatable bonds is 7. The first-order valence-electron chi connectivity index (χ1n) is 5.23. The van der Waals surface area contributed by atoms with Crippen LogP contribution in [0.2, 0.25) is 0 Å². The molecule has 4 N–H and O–H groups in total. The number of hydrogen-bond acceptors (Lipinski definition) is 8. The summed E-state index contributed by atoms with van der Waals surface area (Å²) in [6.45, 7) is 0.724. The molecule has 0 aromatic carbocycles. The Bertz CT molecular complexity index is 598. The molecule has 1 amide bonds. The van der Waals surface area contributed by atoms with Crippen molar-refractivity contribution in [2.45, 2.75) is 23.7 Å². The number of carboxylic acids is 1. The highest BCUT2D eigenvalue weighted by molar-refractivity contribution is 7.91. The van der Waals surface area contributed by atoms with Crippen molar-refractivity contribution in [2.24, 2.45) is 0 Å². The summed E-state index contributed by atoms with van der Waals surface area (Å²) < 4.78 is 25.1. The number of amides is 1. The highest BCUT2D eigenvalue weighted by atomic mass is 32.2. The first kappa shape index (κ1) is 16.4. The first-order valence-corrected chi connectivity index (χ1v) is 7.53. The molecular weight excluding hydrogens is 312 g/mol. The third kappa shape index (κ3) is 4.48. The number of hydrogen-bond donors (Lipinski definition) is 4. The summed E-state index contributed by atoms with van der Waals surface area (Å²) in [4.78, 5) is 21.6. The molecule has 112 valence electrons. The van der Waals surface area contributed by atoms with E-state index in [4.69, 9.17) is 10.2 Å². The van der Waals surface area contributed by atoms with Crippen molar-refractivity contribution in [1.82, 2.24) is 14.9 Å². The molecule has 0 unspecified atom stereocenters. The average molecular weight is 324 g/mol. The number of carboxylic acid groups (broad SMARTS) is 1. The molecule has 0 radical (unpaired) electrons. The molecule has 0 saturated carbocycles. The standard InChI is InChI=1S/C8H12N4O6S2/c1-4(14)9-7-10-11-8(19-7)20(17,18)12-5(2-3-13)6(15)16/h5,12-13H,2-3H2,1H3,(H,15,16)(H,9,10,14)/t5-/m0/s1. The Morgan fingerprint density at radius 2 is 2.05 bits per heavy atom. The zero-order valence-electron chi connectivity index (χ0n) is 10.2. The number of aliphatic carboxylic acids is 1. The van der Waals surface area contributed by atoms with Crippen LogP contribution in [0.5, 0.6) is 0 Å². The van der Waals surface area contributed by atoms with E-state index in [2.05, 4.69) is 15.5 Å². The largest absolute Gasteiger partial charge is 0.480 e. The lowest BCUT2D eigenvalue weighted by Crippen LogP contribution is -2.41. The van der Waals surface area contributed by atoms with Crippen LogP contribution in [-0.4, -0.2) is 53.4 Å². The van der Waals surface area contributed by atoms with Crippen LogP contribution in [0.25, 0.3) is 0 Å². The van der Waals surface area contributed by atoms with Crippen LogP contribution in [0.3, 0.4) is 0 Å². The molecular formula is C8H12N4O6S2. The van der Waals surface area contributed by atoms with Gasteiger partial charge in [-0.1, -0.05) is 11.3 Å². The van der Waals surface area contributed by atoms with E-state index < -0.39 is 38.9 Å². The van der Waals surface area contributed by atoms with Crippen LogP contribution >= 0.6 is 11.3 Å². The van der Waals surface area contributed by atoms with E-state index in [1.165, 1.54) is 6.92 Å². The Balaban J connectivity index is 2.90. The third-order valence-corrected chi connectivity index (χ3v) is 4.61. The van der Waals surface area contributed by atoms with Gasteiger partial charge in [-0.3, -0.25) is 9.59 Å². The summed E-state index contributed by atoms with van der Waals surface area (Å²) in [7, 11) is -4.19. The number of nitrogens with one attached hydrogen (secondary N) is 2. The van der Waals surface area contributed by atoms with Crippen molar-refractivity contribution in [1.29, 1.82) is 0 Å². The van der Waals surface area contributed by atoms with Gasteiger partial charge < -0.3 is 15.5 Å². The van der Waals surface area contributed by atoms with E-state index in [0.29, 0.717) is 11.3 Å². The van der Waals surface area contributed by atoms with Crippen molar-refractivity contribution in [3.8, 4) is 0 Å². The van der Waals surface area contributed by atoms with Crippen LogP contribution in [0.1, 0.15) is 13.3 Å². The lowest BCUT2D eigenvalue weighted by atomic mass is 10.2. The number of carbonyl (C=O) groups excluding carboxylic acids is 1. The maximum Gasteiger partial charge on any atom is 0.321 e. The zero-order chi connectivity index (χ0) is 15.3. The number of nitrogens with zero attached hydrogens (tertiary/aromatic N) is 2. The van der Waals surface area contributed by atoms with E-state index in [1.807, 2.05) is 4.72 Å². The van der Waals surface area contributed by atoms with Crippen LogP contribution in [0.4, 0.5) is 5.13 Å². The third-order valence-electron chi connectivity index (χ3n) is 1.93. The second-order valence-corrected chi connectivity index (χ2v) is 6.44. The molecule has 1 aromatic rings. The number of sulfonamides is 1. The Hall–Kier alpha value is -1.63. The van der Waals surface area contributed by atoms with Gasteiger partial charge in [0.2, 0.25) is 15.4 Å².